The van der Waals surface area contributed by atoms with Crippen molar-refractivity contribution >= 4 is 40.6 Å². The molecule has 8 heteroatoms. The lowest BCUT2D eigenvalue weighted by Crippen LogP contribution is -2.35. The Morgan fingerprint density at radius 3 is 2.40 bits per heavy atom. The van der Waals surface area contributed by atoms with Gasteiger partial charge in [-0.05, 0) is 18.2 Å². The summed E-state index contributed by atoms with van der Waals surface area (Å²) in [5.74, 6) is -1.67. The number of aliphatic carboxylic acids is 1. The number of ketones is 2. The van der Waals surface area contributed by atoms with Crippen LogP contribution in [0.3, 0.4) is 0 Å². The highest BCUT2D eigenvalue weighted by molar-refractivity contribution is 8.00. The third kappa shape index (κ3) is 4.67. The normalized spacial score (nSPS) is 12.9. The molecule has 0 amide bonds. The summed E-state index contributed by atoms with van der Waals surface area (Å²) in [5, 5.41) is 10.6. The molecule has 30 heavy (non-hydrogen) atoms. The highest BCUT2D eigenvalue weighted by Crippen LogP contribution is 2.32. The Morgan fingerprint density at radius 1 is 1.10 bits per heavy atom. The number of carboxylic acid groups (broad SMARTS) is 1. The van der Waals surface area contributed by atoms with Gasteiger partial charge in [-0.1, -0.05) is 48.5 Å². The smallest absolute Gasteiger partial charge is 0.320 e. The molecule has 154 valence electrons. The lowest BCUT2D eigenvalue weighted by molar-refractivity contribution is -0.138. The number of rotatable bonds is 9. The fraction of sp³-hybridized carbons (Fsp3) is 0.182. The zero-order valence-electron chi connectivity index (χ0n) is 16.1. The van der Waals surface area contributed by atoms with Crippen LogP contribution >= 0.6 is 23.1 Å². The van der Waals surface area contributed by atoms with Crippen LogP contribution in [0.15, 0.2) is 60.1 Å². The molecule has 0 bridgehead atoms. The van der Waals surface area contributed by atoms with Crippen molar-refractivity contribution in [2.24, 2.45) is 5.73 Å². The second kappa shape index (κ2) is 9.80. The van der Waals surface area contributed by atoms with Gasteiger partial charge >= 0.3 is 5.97 Å². The fourth-order valence-corrected chi connectivity index (χ4v) is 4.46. The van der Waals surface area contributed by atoms with E-state index in [0.717, 1.165) is 5.56 Å². The van der Waals surface area contributed by atoms with Crippen molar-refractivity contribution in [3.05, 3.63) is 76.2 Å². The number of Topliss-reactive ketones (excluding diaryl/α,β-unsaturated/α-hetero) is 1. The van der Waals surface area contributed by atoms with Crippen molar-refractivity contribution in [1.29, 1.82) is 0 Å². The van der Waals surface area contributed by atoms with Crippen LogP contribution in [0.25, 0.3) is 11.1 Å². The summed E-state index contributed by atoms with van der Waals surface area (Å²) in [5.41, 5.74) is 7.66. The number of nitrogens with two attached hydrogens (primary N) is 1. The van der Waals surface area contributed by atoms with Crippen LogP contribution in [0.5, 0.6) is 0 Å². The van der Waals surface area contributed by atoms with Crippen LogP contribution in [-0.4, -0.2) is 45.2 Å². The van der Waals surface area contributed by atoms with Gasteiger partial charge < -0.3 is 10.8 Å². The van der Waals surface area contributed by atoms with E-state index in [1.165, 1.54) is 23.1 Å². The minimum atomic E-state index is -1.15. The number of aromatic nitrogens is 1. The van der Waals surface area contributed by atoms with Crippen LogP contribution in [-0.2, 0) is 4.79 Å². The number of hydrogen-bond acceptors (Lipinski definition) is 7. The van der Waals surface area contributed by atoms with Crippen molar-refractivity contribution in [3.8, 4) is 11.1 Å². The Kier molecular flexibility index (Phi) is 7.15. The molecule has 6 nitrogen and oxygen atoms in total. The van der Waals surface area contributed by atoms with Crippen LogP contribution in [0, 0.1) is 0 Å². The van der Waals surface area contributed by atoms with Gasteiger partial charge in [0.2, 0.25) is 5.78 Å². The van der Waals surface area contributed by atoms with Crippen LogP contribution in [0.4, 0.5) is 0 Å². The van der Waals surface area contributed by atoms with Crippen molar-refractivity contribution < 1.29 is 19.5 Å². The predicted molar refractivity (Wildman–Crippen MR) is 119 cm³/mol. The highest BCUT2D eigenvalue weighted by atomic mass is 32.2. The maximum absolute atomic E-state index is 13.4. The Balaban J connectivity index is 2.12. The lowest BCUT2D eigenvalue weighted by atomic mass is 9.89. The zero-order chi connectivity index (χ0) is 21.7. The van der Waals surface area contributed by atoms with Crippen molar-refractivity contribution in [2.45, 2.75) is 17.7 Å². The minimum absolute atomic E-state index is 0.00574. The van der Waals surface area contributed by atoms with E-state index in [4.69, 9.17) is 10.8 Å². The average Bonchev–Trinajstić information content (AvgIpc) is 3.31. The molecule has 0 saturated carbocycles. The molecular formula is C22H20N2O4S2. The fourth-order valence-electron chi connectivity index (χ4n) is 3.13. The topological polar surface area (TPSA) is 110 Å². The number of thiazole rings is 1. The molecule has 0 radical (unpaired) electrons. The number of benzene rings is 2. The molecular weight excluding hydrogens is 420 g/mol. The maximum atomic E-state index is 13.4. The van der Waals surface area contributed by atoms with Crippen molar-refractivity contribution in [2.75, 3.05) is 6.26 Å². The zero-order valence-corrected chi connectivity index (χ0v) is 17.8. The van der Waals surface area contributed by atoms with Crippen LogP contribution < -0.4 is 5.73 Å². The molecule has 3 aromatic rings. The van der Waals surface area contributed by atoms with Gasteiger partial charge in [0, 0.05) is 28.3 Å². The number of carbonyl (C=O) groups is 3. The number of nitrogens with zero attached hydrogens (tertiary/aromatic N) is 1. The first-order valence-electron chi connectivity index (χ1n) is 9.12. The largest absolute Gasteiger partial charge is 0.480 e. The quantitative estimate of drug-likeness (QED) is 0.488. The Hall–Kier alpha value is -2.81. The summed E-state index contributed by atoms with van der Waals surface area (Å²) in [4.78, 5) is 41.8. The minimum Gasteiger partial charge on any atom is -0.480 e. The molecule has 0 aliphatic heterocycles. The number of thioether (sulfide) groups is 1. The summed E-state index contributed by atoms with van der Waals surface area (Å²) in [7, 11) is 0. The average molecular weight is 441 g/mol. The monoisotopic (exact) mass is 440 g/mol. The van der Waals surface area contributed by atoms with E-state index in [1.807, 2.05) is 30.3 Å². The van der Waals surface area contributed by atoms with Crippen molar-refractivity contribution in [3.63, 3.8) is 0 Å². The first-order valence-corrected chi connectivity index (χ1v) is 11.3. The third-order valence-corrected chi connectivity index (χ3v) is 6.37. The number of carbonyl (C=O) groups excluding carboxylic acids is 2. The molecule has 2 unspecified atom stereocenters. The number of carboxylic acids is 1. The van der Waals surface area contributed by atoms with E-state index in [2.05, 4.69) is 4.98 Å². The SMILES string of the molecule is CSC(CC(N)C(=O)O)C(=O)c1cccc(C(=O)c2nccs2)c1-c1ccccc1. The van der Waals surface area contributed by atoms with E-state index in [-0.39, 0.29) is 18.0 Å². The molecule has 1 aromatic heterocycles. The summed E-state index contributed by atoms with van der Waals surface area (Å²) in [6, 6.07) is 13.1. The molecule has 0 saturated heterocycles. The first-order chi connectivity index (χ1) is 14.4. The van der Waals surface area contributed by atoms with Gasteiger partial charge in [-0.15, -0.1) is 11.3 Å². The van der Waals surface area contributed by atoms with E-state index in [0.29, 0.717) is 21.7 Å². The van der Waals surface area contributed by atoms with Gasteiger partial charge in [0.1, 0.15) is 6.04 Å². The van der Waals surface area contributed by atoms with Crippen LogP contribution in [0.1, 0.15) is 32.1 Å². The first kappa shape index (κ1) is 21.9. The van der Waals surface area contributed by atoms with Gasteiger partial charge in [0.15, 0.2) is 10.8 Å². The summed E-state index contributed by atoms with van der Waals surface area (Å²) >= 11 is 2.48. The summed E-state index contributed by atoms with van der Waals surface area (Å²) in [6.07, 6.45) is 3.30. The number of hydrogen-bond donors (Lipinski definition) is 2. The van der Waals surface area contributed by atoms with Gasteiger partial charge in [0.05, 0.1) is 5.25 Å². The Bertz CT molecular complexity index is 1050. The third-order valence-electron chi connectivity index (χ3n) is 4.63. The van der Waals surface area contributed by atoms with Gasteiger partial charge in [-0.25, -0.2) is 4.98 Å². The summed E-state index contributed by atoms with van der Waals surface area (Å²) in [6.45, 7) is 0. The van der Waals surface area contributed by atoms with E-state index in [1.54, 1.807) is 36.0 Å². The molecule has 0 fully saturated rings. The molecule has 2 atom stereocenters. The van der Waals surface area contributed by atoms with Gasteiger partial charge in [0.25, 0.3) is 0 Å². The lowest BCUT2D eigenvalue weighted by Gasteiger charge is -2.19. The Labute approximate surface area is 182 Å². The van der Waals surface area contributed by atoms with Gasteiger partial charge in [-0.3, -0.25) is 14.4 Å². The van der Waals surface area contributed by atoms with E-state index in [9.17, 15) is 14.4 Å². The van der Waals surface area contributed by atoms with E-state index < -0.39 is 17.3 Å². The second-order valence-electron chi connectivity index (χ2n) is 6.53. The van der Waals surface area contributed by atoms with Crippen LogP contribution in [0.2, 0.25) is 0 Å². The summed E-state index contributed by atoms with van der Waals surface area (Å²) < 4.78 is 0. The molecule has 0 aliphatic rings. The standard InChI is InChI=1S/C22H20N2O4S2/c1-29-17(12-16(23)22(27)28)19(25)14-8-5-9-15(20(26)21-24-10-11-30-21)18(14)13-6-3-2-4-7-13/h2-11,16-17H,12,23H2,1H3,(H,27,28). The molecule has 2 aromatic carbocycles. The van der Waals surface area contributed by atoms with Gasteiger partial charge in [-0.2, -0.15) is 11.8 Å². The predicted octanol–water partition coefficient (Wildman–Crippen LogP) is 3.76. The second-order valence-corrected chi connectivity index (χ2v) is 8.46. The maximum Gasteiger partial charge on any atom is 0.320 e. The Morgan fingerprint density at radius 2 is 1.80 bits per heavy atom. The molecule has 0 spiro atoms. The molecule has 3 rings (SSSR count). The molecule has 3 N–H and O–H groups in total. The van der Waals surface area contributed by atoms with E-state index >= 15 is 0 Å². The van der Waals surface area contributed by atoms with Crippen molar-refractivity contribution in [1.82, 2.24) is 4.98 Å². The highest BCUT2D eigenvalue weighted by Gasteiger charge is 2.29. The molecule has 0 aliphatic carbocycles. The molecule has 1 heterocycles.